The molecule has 0 aliphatic rings. The van der Waals surface area contributed by atoms with Gasteiger partial charge >= 0.3 is 0 Å². The van der Waals surface area contributed by atoms with Crippen molar-refractivity contribution < 1.29 is 9.53 Å². The number of hydrogen-bond donors (Lipinski definition) is 3. The summed E-state index contributed by atoms with van der Waals surface area (Å²) in [6.07, 6.45) is 4.93. The van der Waals surface area contributed by atoms with E-state index in [2.05, 4.69) is 20.7 Å². The number of carbonyl (C=O) groups is 1. The molecule has 1 aromatic heterocycles. The second kappa shape index (κ2) is 7.79. The second-order valence-corrected chi connectivity index (χ2v) is 4.77. The van der Waals surface area contributed by atoms with Crippen molar-refractivity contribution in [1.29, 1.82) is 0 Å². The van der Waals surface area contributed by atoms with Crippen molar-refractivity contribution in [2.45, 2.75) is 13.3 Å². The molecule has 0 atom stereocenters. The number of carbonyl (C=O) groups excluding carboxylic acids is 1. The average molecular weight is 314 g/mol. The van der Waals surface area contributed by atoms with Gasteiger partial charge in [-0.05, 0) is 25.1 Å². The maximum atomic E-state index is 11.7. The van der Waals surface area contributed by atoms with Gasteiger partial charge in [-0.15, -0.1) is 0 Å². The Bertz CT molecular complexity index is 787. The molecule has 0 spiro atoms. The number of H-pyrrole nitrogens is 2. The predicted molar refractivity (Wildman–Crippen MR) is 88.5 cm³/mol. The van der Waals surface area contributed by atoms with Gasteiger partial charge < -0.3 is 9.84 Å². The number of nitrogens with one attached hydrogen (secondary N) is 3. The van der Waals surface area contributed by atoms with Gasteiger partial charge in [0.25, 0.3) is 5.56 Å². The van der Waals surface area contributed by atoms with Gasteiger partial charge in [0, 0.05) is 23.0 Å². The quantitative estimate of drug-likeness (QED) is 0.555. The van der Waals surface area contributed by atoms with Crippen LogP contribution in [-0.2, 0) is 11.2 Å². The lowest BCUT2D eigenvalue weighted by atomic mass is 10.2. The largest absolute Gasteiger partial charge is 0.496 e. The molecule has 0 radical (unpaired) electrons. The maximum Gasteiger partial charge on any atom is 0.267 e. The molecule has 7 heteroatoms. The lowest BCUT2D eigenvalue weighted by Gasteiger charge is -2.02. The van der Waals surface area contributed by atoms with E-state index in [-0.39, 0.29) is 17.9 Å². The van der Waals surface area contributed by atoms with Crippen LogP contribution in [0.5, 0.6) is 5.75 Å². The van der Waals surface area contributed by atoms with Crippen LogP contribution in [0.4, 0.5) is 0 Å². The lowest BCUT2D eigenvalue weighted by molar-refractivity contribution is -0.120. The Balaban J connectivity index is 1.88. The van der Waals surface area contributed by atoms with Crippen LogP contribution in [0, 0.1) is 6.92 Å². The normalized spacial score (nSPS) is 11.2. The highest BCUT2D eigenvalue weighted by molar-refractivity contribution is 5.82. The Morgan fingerprint density at radius 3 is 2.83 bits per heavy atom. The standard InChI is InChI=1S/C16H18N4O3/c1-11-13(16(22)20-18-11)10-15(21)19-17-9-5-7-12-6-3-4-8-14(12)23-2/h3-9H,10H2,1-2H3,(H,19,21)(H2,18,20,22)/b7-5+,17-9-. The number of methoxy groups -OCH3 is 1. The van der Waals surface area contributed by atoms with Crippen molar-refractivity contribution in [2.24, 2.45) is 5.10 Å². The van der Waals surface area contributed by atoms with Crippen LogP contribution in [0.1, 0.15) is 16.8 Å². The number of benzene rings is 1. The van der Waals surface area contributed by atoms with Crippen molar-refractivity contribution >= 4 is 18.2 Å². The molecule has 3 N–H and O–H groups in total. The summed E-state index contributed by atoms with van der Waals surface area (Å²) in [5, 5.41) is 8.90. The highest BCUT2D eigenvalue weighted by Gasteiger charge is 2.10. The Labute approximate surface area is 133 Å². The highest BCUT2D eigenvalue weighted by atomic mass is 16.5. The average Bonchev–Trinajstić information content (AvgIpc) is 2.87. The number of allylic oxidation sites excluding steroid dienone is 1. The number of para-hydroxylation sites is 1. The molecule has 7 nitrogen and oxygen atoms in total. The topological polar surface area (TPSA) is 99.3 Å². The minimum absolute atomic E-state index is 0.0295. The van der Waals surface area contributed by atoms with Gasteiger partial charge in [0.2, 0.25) is 5.91 Å². The molecule has 0 unspecified atom stereocenters. The van der Waals surface area contributed by atoms with Crippen LogP contribution in [-0.4, -0.2) is 29.4 Å². The van der Waals surface area contributed by atoms with Gasteiger partial charge in [0.1, 0.15) is 5.75 Å². The summed E-state index contributed by atoms with van der Waals surface area (Å²) in [6, 6.07) is 7.55. The Morgan fingerprint density at radius 1 is 1.35 bits per heavy atom. The van der Waals surface area contributed by atoms with Crippen LogP contribution in [0.15, 0.2) is 40.2 Å². The van der Waals surface area contributed by atoms with Crippen LogP contribution < -0.4 is 15.7 Å². The van der Waals surface area contributed by atoms with Crippen LogP contribution >= 0.6 is 0 Å². The summed E-state index contributed by atoms with van der Waals surface area (Å²) in [7, 11) is 1.60. The highest BCUT2D eigenvalue weighted by Crippen LogP contribution is 2.18. The van der Waals surface area contributed by atoms with Crippen molar-refractivity contribution in [3.63, 3.8) is 0 Å². The molecule has 0 fully saturated rings. The molecule has 0 aliphatic heterocycles. The van der Waals surface area contributed by atoms with E-state index in [9.17, 15) is 9.59 Å². The number of aromatic nitrogens is 2. The monoisotopic (exact) mass is 314 g/mol. The zero-order chi connectivity index (χ0) is 16.7. The van der Waals surface area contributed by atoms with E-state index in [1.807, 2.05) is 30.3 Å². The van der Waals surface area contributed by atoms with E-state index >= 15 is 0 Å². The van der Waals surface area contributed by atoms with E-state index in [0.717, 1.165) is 11.3 Å². The molecular weight excluding hydrogens is 296 g/mol. The molecule has 0 bridgehead atoms. The number of ether oxygens (including phenoxy) is 1. The predicted octanol–water partition coefficient (Wildman–Crippen LogP) is 1.38. The molecule has 0 saturated heterocycles. The summed E-state index contributed by atoms with van der Waals surface area (Å²) >= 11 is 0. The zero-order valence-electron chi connectivity index (χ0n) is 12.9. The molecule has 0 saturated carbocycles. The minimum atomic E-state index is -0.361. The number of nitrogens with zero attached hydrogens (tertiary/aromatic N) is 1. The van der Waals surface area contributed by atoms with Crippen molar-refractivity contribution in [3.05, 3.63) is 57.5 Å². The first-order chi connectivity index (χ1) is 11.1. The van der Waals surface area contributed by atoms with Gasteiger partial charge in [-0.25, -0.2) is 5.43 Å². The van der Waals surface area contributed by atoms with Gasteiger partial charge in [0.05, 0.1) is 13.5 Å². The van der Waals surface area contributed by atoms with E-state index in [0.29, 0.717) is 11.3 Å². The summed E-state index contributed by atoms with van der Waals surface area (Å²) in [5.41, 5.74) is 4.03. The van der Waals surface area contributed by atoms with Crippen molar-refractivity contribution in [2.75, 3.05) is 7.11 Å². The molecule has 2 rings (SSSR count). The number of aromatic amines is 2. The maximum absolute atomic E-state index is 11.7. The summed E-state index contributed by atoms with van der Waals surface area (Å²) in [4.78, 5) is 23.2. The van der Waals surface area contributed by atoms with E-state index in [1.165, 1.54) is 6.21 Å². The summed E-state index contributed by atoms with van der Waals surface area (Å²) in [5.74, 6) is 0.392. The molecule has 1 heterocycles. The van der Waals surface area contributed by atoms with E-state index in [4.69, 9.17) is 4.74 Å². The lowest BCUT2D eigenvalue weighted by Crippen LogP contribution is -2.22. The molecular formula is C16H18N4O3. The molecule has 1 aromatic carbocycles. The minimum Gasteiger partial charge on any atom is -0.496 e. The molecule has 1 amide bonds. The fraction of sp³-hybridized carbons (Fsp3) is 0.188. The molecule has 0 aliphatic carbocycles. The van der Waals surface area contributed by atoms with Crippen molar-refractivity contribution in [1.82, 2.24) is 15.6 Å². The van der Waals surface area contributed by atoms with Crippen LogP contribution in [0.25, 0.3) is 6.08 Å². The Morgan fingerprint density at radius 2 is 2.13 bits per heavy atom. The van der Waals surface area contributed by atoms with Gasteiger partial charge in [-0.3, -0.25) is 14.7 Å². The third-order valence-electron chi connectivity index (χ3n) is 3.19. The van der Waals surface area contributed by atoms with Gasteiger partial charge in [0.15, 0.2) is 0 Å². The third kappa shape index (κ3) is 4.44. The van der Waals surface area contributed by atoms with Crippen LogP contribution in [0.3, 0.4) is 0 Å². The first kappa shape index (κ1) is 16.3. The first-order valence-electron chi connectivity index (χ1n) is 6.99. The van der Waals surface area contributed by atoms with Gasteiger partial charge in [-0.1, -0.05) is 18.2 Å². The number of hydrazone groups is 1. The number of hydrogen-bond acceptors (Lipinski definition) is 4. The number of amides is 1. The smallest absolute Gasteiger partial charge is 0.267 e. The van der Waals surface area contributed by atoms with Gasteiger partial charge in [-0.2, -0.15) is 5.10 Å². The number of rotatable bonds is 6. The molecule has 2 aromatic rings. The third-order valence-corrected chi connectivity index (χ3v) is 3.19. The summed E-state index contributed by atoms with van der Waals surface area (Å²) < 4.78 is 5.22. The van der Waals surface area contributed by atoms with E-state index < -0.39 is 0 Å². The molecule has 120 valence electrons. The van der Waals surface area contributed by atoms with Crippen LogP contribution in [0.2, 0.25) is 0 Å². The second-order valence-electron chi connectivity index (χ2n) is 4.77. The first-order valence-corrected chi connectivity index (χ1v) is 6.99. The van der Waals surface area contributed by atoms with Crippen molar-refractivity contribution in [3.8, 4) is 5.75 Å². The fourth-order valence-corrected chi connectivity index (χ4v) is 1.99. The fourth-order valence-electron chi connectivity index (χ4n) is 1.99. The van der Waals surface area contributed by atoms with E-state index in [1.54, 1.807) is 20.1 Å². The number of aryl methyl sites for hydroxylation is 1. The Kier molecular flexibility index (Phi) is 5.51. The SMILES string of the molecule is COc1ccccc1/C=C/C=N\NC(=O)Cc1c(C)[nH][nH]c1=O. The summed E-state index contributed by atoms with van der Waals surface area (Å²) in [6.45, 7) is 1.72. The Hall–Kier alpha value is -3.09. The molecule has 23 heavy (non-hydrogen) atoms. The zero-order valence-corrected chi connectivity index (χ0v) is 12.9.